The number of ether oxygens (including phenoxy) is 3. The van der Waals surface area contributed by atoms with Gasteiger partial charge in [0, 0.05) is 38.5 Å². The minimum Gasteiger partial charge on any atom is -0.491 e. The van der Waals surface area contributed by atoms with Crippen molar-refractivity contribution >= 4 is 11.6 Å². The van der Waals surface area contributed by atoms with E-state index in [2.05, 4.69) is 29.5 Å². The lowest BCUT2D eigenvalue weighted by Crippen LogP contribution is -2.37. The molecule has 1 aliphatic rings. The van der Waals surface area contributed by atoms with E-state index >= 15 is 0 Å². The van der Waals surface area contributed by atoms with Crippen LogP contribution in [0.25, 0.3) is 0 Å². The van der Waals surface area contributed by atoms with Gasteiger partial charge in [-0.15, -0.1) is 0 Å². The molecule has 1 aromatic rings. The second-order valence-corrected chi connectivity index (χ2v) is 7.93. The van der Waals surface area contributed by atoms with E-state index in [1.165, 1.54) is 0 Å². The lowest BCUT2D eigenvalue weighted by Gasteiger charge is -2.17. The summed E-state index contributed by atoms with van der Waals surface area (Å²) in [6.07, 6.45) is 3.60. The van der Waals surface area contributed by atoms with Crippen molar-refractivity contribution in [1.82, 2.24) is 10.2 Å². The lowest BCUT2D eigenvalue weighted by molar-refractivity contribution is 0.0171. The first-order valence-electron chi connectivity index (χ1n) is 11.3. The highest BCUT2D eigenvalue weighted by atomic mass is 16.5. The summed E-state index contributed by atoms with van der Waals surface area (Å²) < 4.78 is 17.0. The number of nitrogens with zero attached hydrogens (tertiary/aromatic N) is 2. The molecule has 0 amide bonds. The molecule has 1 unspecified atom stereocenters. The highest BCUT2D eigenvalue weighted by Gasteiger charge is 2.14. The Labute approximate surface area is 182 Å². The SMILES string of the molecule is CCN(C)CCNC(=NCCCOCC1CCCO1)Nc1ccc(OC(C)C)cc1. The molecule has 1 fully saturated rings. The van der Waals surface area contributed by atoms with Gasteiger partial charge in [-0.1, -0.05) is 6.92 Å². The molecule has 7 heteroatoms. The Balaban J connectivity index is 1.79. The zero-order chi connectivity index (χ0) is 21.6. The molecule has 170 valence electrons. The number of anilines is 1. The van der Waals surface area contributed by atoms with E-state index in [9.17, 15) is 0 Å². The smallest absolute Gasteiger partial charge is 0.195 e. The molecule has 1 aliphatic heterocycles. The molecular weight excluding hydrogens is 380 g/mol. The zero-order valence-electron chi connectivity index (χ0n) is 19.2. The topological polar surface area (TPSA) is 67.4 Å². The highest BCUT2D eigenvalue weighted by molar-refractivity contribution is 5.93. The Morgan fingerprint density at radius 3 is 2.77 bits per heavy atom. The fraction of sp³-hybridized carbons (Fsp3) is 0.696. The van der Waals surface area contributed by atoms with Crippen LogP contribution in [-0.2, 0) is 9.47 Å². The van der Waals surface area contributed by atoms with Gasteiger partial charge in [-0.3, -0.25) is 4.99 Å². The first kappa shape index (κ1) is 24.4. The van der Waals surface area contributed by atoms with Crippen molar-refractivity contribution < 1.29 is 14.2 Å². The third kappa shape index (κ3) is 10.3. The number of rotatable bonds is 13. The minimum absolute atomic E-state index is 0.167. The lowest BCUT2D eigenvalue weighted by atomic mass is 10.2. The fourth-order valence-electron chi connectivity index (χ4n) is 3.04. The summed E-state index contributed by atoms with van der Waals surface area (Å²) in [5.74, 6) is 1.66. The fourth-order valence-corrected chi connectivity index (χ4v) is 3.04. The number of nitrogens with one attached hydrogen (secondary N) is 2. The van der Waals surface area contributed by atoms with Gasteiger partial charge < -0.3 is 29.7 Å². The van der Waals surface area contributed by atoms with Crippen molar-refractivity contribution in [2.24, 2.45) is 4.99 Å². The maximum Gasteiger partial charge on any atom is 0.195 e. The summed E-state index contributed by atoms with van der Waals surface area (Å²) in [7, 11) is 2.12. The summed E-state index contributed by atoms with van der Waals surface area (Å²) in [5.41, 5.74) is 0.982. The first-order chi connectivity index (χ1) is 14.6. The summed E-state index contributed by atoms with van der Waals surface area (Å²) in [4.78, 5) is 6.98. The van der Waals surface area contributed by atoms with Crippen LogP contribution in [0, 0.1) is 0 Å². The molecule has 1 atom stereocenters. The largest absolute Gasteiger partial charge is 0.491 e. The predicted octanol–water partition coefficient (Wildman–Crippen LogP) is 3.37. The standard InChI is InChI=1S/C23H40N4O3/c1-5-27(4)15-14-25-23(24-13-7-16-28-18-22-8-6-17-29-22)26-20-9-11-21(12-10-20)30-19(2)3/h9-12,19,22H,5-8,13-18H2,1-4H3,(H2,24,25,26). The van der Waals surface area contributed by atoms with Gasteiger partial charge in [-0.25, -0.2) is 0 Å². The van der Waals surface area contributed by atoms with E-state index in [1.807, 2.05) is 38.1 Å². The van der Waals surface area contributed by atoms with Crippen LogP contribution in [0.5, 0.6) is 5.75 Å². The summed E-state index contributed by atoms with van der Waals surface area (Å²) >= 11 is 0. The van der Waals surface area contributed by atoms with Crippen LogP contribution in [0.1, 0.15) is 40.0 Å². The molecule has 1 aromatic carbocycles. The third-order valence-electron chi connectivity index (χ3n) is 4.86. The molecule has 1 heterocycles. The summed E-state index contributed by atoms with van der Waals surface area (Å²) in [6.45, 7) is 12.0. The van der Waals surface area contributed by atoms with Crippen molar-refractivity contribution in [2.45, 2.75) is 52.2 Å². The van der Waals surface area contributed by atoms with Crippen LogP contribution in [0.2, 0.25) is 0 Å². The van der Waals surface area contributed by atoms with Gasteiger partial charge >= 0.3 is 0 Å². The number of aliphatic imine (C=N–C) groups is 1. The number of hydrogen-bond acceptors (Lipinski definition) is 5. The molecule has 0 saturated carbocycles. The third-order valence-corrected chi connectivity index (χ3v) is 4.86. The van der Waals surface area contributed by atoms with Crippen molar-refractivity contribution in [3.05, 3.63) is 24.3 Å². The Kier molecular flexibility index (Phi) is 11.6. The molecule has 30 heavy (non-hydrogen) atoms. The number of guanidine groups is 1. The van der Waals surface area contributed by atoms with Gasteiger partial charge in [0.2, 0.25) is 0 Å². The normalized spacial score (nSPS) is 17.0. The second kappa shape index (κ2) is 14.2. The summed E-state index contributed by atoms with van der Waals surface area (Å²) in [6, 6.07) is 7.98. The minimum atomic E-state index is 0.167. The Morgan fingerprint density at radius 2 is 2.10 bits per heavy atom. The predicted molar refractivity (Wildman–Crippen MR) is 124 cm³/mol. The first-order valence-corrected chi connectivity index (χ1v) is 11.3. The van der Waals surface area contributed by atoms with Crippen LogP contribution < -0.4 is 15.4 Å². The van der Waals surface area contributed by atoms with E-state index in [4.69, 9.17) is 19.2 Å². The molecular formula is C23H40N4O3. The molecule has 0 bridgehead atoms. The molecule has 2 rings (SSSR count). The number of likely N-dealkylation sites (N-methyl/N-ethyl adjacent to an activating group) is 1. The number of benzene rings is 1. The molecule has 2 N–H and O–H groups in total. The highest BCUT2D eigenvalue weighted by Crippen LogP contribution is 2.17. The van der Waals surface area contributed by atoms with Crippen LogP contribution in [0.4, 0.5) is 5.69 Å². The average Bonchev–Trinajstić information content (AvgIpc) is 3.24. The van der Waals surface area contributed by atoms with Crippen molar-refractivity contribution in [1.29, 1.82) is 0 Å². The zero-order valence-corrected chi connectivity index (χ0v) is 19.2. The van der Waals surface area contributed by atoms with Crippen LogP contribution >= 0.6 is 0 Å². The van der Waals surface area contributed by atoms with Crippen molar-refractivity contribution in [2.75, 3.05) is 58.4 Å². The monoisotopic (exact) mass is 420 g/mol. The van der Waals surface area contributed by atoms with E-state index in [-0.39, 0.29) is 12.2 Å². The average molecular weight is 421 g/mol. The van der Waals surface area contributed by atoms with E-state index < -0.39 is 0 Å². The van der Waals surface area contributed by atoms with Gasteiger partial charge in [-0.05, 0) is 71.0 Å². The van der Waals surface area contributed by atoms with Gasteiger partial charge in [0.1, 0.15) is 5.75 Å². The van der Waals surface area contributed by atoms with Gasteiger partial charge in [0.15, 0.2) is 5.96 Å². The number of hydrogen-bond donors (Lipinski definition) is 2. The molecule has 0 spiro atoms. The second-order valence-electron chi connectivity index (χ2n) is 7.93. The van der Waals surface area contributed by atoms with E-state index in [0.717, 1.165) is 62.9 Å². The van der Waals surface area contributed by atoms with Crippen LogP contribution in [0.3, 0.4) is 0 Å². The maximum absolute atomic E-state index is 5.73. The molecule has 0 radical (unpaired) electrons. The van der Waals surface area contributed by atoms with Crippen LogP contribution in [0.15, 0.2) is 29.3 Å². The van der Waals surface area contributed by atoms with E-state index in [1.54, 1.807) is 0 Å². The van der Waals surface area contributed by atoms with E-state index in [0.29, 0.717) is 19.8 Å². The van der Waals surface area contributed by atoms with Gasteiger partial charge in [0.05, 0.1) is 18.8 Å². The molecule has 7 nitrogen and oxygen atoms in total. The molecule has 0 aromatic heterocycles. The quantitative estimate of drug-likeness (QED) is 0.290. The Hall–Kier alpha value is -1.83. The van der Waals surface area contributed by atoms with Crippen molar-refractivity contribution in [3.63, 3.8) is 0 Å². The Morgan fingerprint density at radius 1 is 1.30 bits per heavy atom. The maximum atomic E-state index is 5.73. The van der Waals surface area contributed by atoms with Crippen molar-refractivity contribution in [3.8, 4) is 5.75 Å². The van der Waals surface area contributed by atoms with Gasteiger partial charge in [0.25, 0.3) is 0 Å². The summed E-state index contributed by atoms with van der Waals surface area (Å²) in [5, 5.41) is 6.81. The molecule has 0 aliphatic carbocycles. The van der Waals surface area contributed by atoms with Crippen LogP contribution in [-0.4, -0.2) is 76.1 Å². The van der Waals surface area contributed by atoms with Gasteiger partial charge in [-0.2, -0.15) is 0 Å². The molecule has 1 saturated heterocycles. The Bertz CT molecular complexity index is 601.